The third-order valence-electron chi connectivity index (χ3n) is 6.05. The minimum atomic E-state index is -0.520. The van der Waals surface area contributed by atoms with E-state index in [0.29, 0.717) is 24.1 Å². The van der Waals surface area contributed by atoms with Gasteiger partial charge in [-0.2, -0.15) is 0 Å². The molecule has 1 aliphatic rings. The van der Waals surface area contributed by atoms with Crippen LogP contribution in [0.1, 0.15) is 22.9 Å². The molecule has 1 atom stereocenters. The lowest BCUT2D eigenvalue weighted by atomic mass is 10.0. The van der Waals surface area contributed by atoms with Crippen molar-refractivity contribution in [3.8, 4) is 11.3 Å². The SMILES string of the molecule is Cc1ccc(-c2c3c(=O)n(C)c(=O)n(C)c3c3n2CCO[C@H]3c2ccc(F)cc2)cc1. The van der Waals surface area contributed by atoms with Gasteiger partial charge in [0.25, 0.3) is 5.56 Å². The highest BCUT2D eigenvalue weighted by molar-refractivity contribution is 5.96. The highest BCUT2D eigenvalue weighted by Gasteiger charge is 2.33. The molecule has 31 heavy (non-hydrogen) atoms. The average molecular weight is 419 g/mol. The smallest absolute Gasteiger partial charge is 0.331 e. The molecule has 0 saturated carbocycles. The van der Waals surface area contributed by atoms with Gasteiger partial charge in [0.05, 0.1) is 28.9 Å². The van der Waals surface area contributed by atoms with E-state index in [4.69, 9.17) is 4.74 Å². The Morgan fingerprint density at radius 3 is 2.32 bits per heavy atom. The molecule has 2 aromatic carbocycles. The maximum absolute atomic E-state index is 13.5. The third kappa shape index (κ3) is 2.88. The Bertz CT molecular complexity index is 1430. The van der Waals surface area contributed by atoms with Gasteiger partial charge in [0.2, 0.25) is 0 Å². The van der Waals surface area contributed by atoms with Gasteiger partial charge < -0.3 is 9.30 Å². The van der Waals surface area contributed by atoms with Crippen molar-refractivity contribution < 1.29 is 9.13 Å². The van der Waals surface area contributed by atoms with Gasteiger partial charge in [-0.05, 0) is 30.2 Å². The molecule has 0 fully saturated rings. The fourth-order valence-electron chi connectivity index (χ4n) is 4.48. The van der Waals surface area contributed by atoms with Crippen molar-refractivity contribution >= 4 is 10.9 Å². The van der Waals surface area contributed by atoms with Crippen LogP contribution >= 0.6 is 0 Å². The fraction of sp³-hybridized carbons (Fsp3) is 0.250. The van der Waals surface area contributed by atoms with Crippen LogP contribution < -0.4 is 11.2 Å². The van der Waals surface area contributed by atoms with Gasteiger partial charge in [-0.3, -0.25) is 13.9 Å². The second kappa shape index (κ2) is 7.06. The highest BCUT2D eigenvalue weighted by atomic mass is 19.1. The number of fused-ring (bicyclic) bond motifs is 3. The van der Waals surface area contributed by atoms with Crippen molar-refractivity contribution in [2.45, 2.75) is 19.6 Å². The first-order chi connectivity index (χ1) is 14.9. The predicted octanol–water partition coefficient (Wildman–Crippen LogP) is 3.27. The predicted molar refractivity (Wildman–Crippen MR) is 117 cm³/mol. The number of aromatic nitrogens is 3. The topological polar surface area (TPSA) is 58.2 Å². The lowest BCUT2D eigenvalue weighted by Gasteiger charge is -2.27. The van der Waals surface area contributed by atoms with Crippen LogP contribution in [0.5, 0.6) is 0 Å². The van der Waals surface area contributed by atoms with Crippen LogP contribution in [0, 0.1) is 12.7 Å². The van der Waals surface area contributed by atoms with Crippen molar-refractivity contribution in [3.63, 3.8) is 0 Å². The summed E-state index contributed by atoms with van der Waals surface area (Å²) in [4.78, 5) is 26.1. The molecule has 0 saturated heterocycles. The molecule has 4 aromatic rings. The summed E-state index contributed by atoms with van der Waals surface area (Å²) in [5.74, 6) is -0.332. The molecule has 6 nitrogen and oxygen atoms in total. The monoisotopic (exact) mass is 419 g/mol. The van der Waals surface area contributed by atoms with Gasteiger partial charge in [0.15, 0.2) is 0 Å². The maximum Gasteiger partial charge on any atom is 0.331 e. The van der Waals surface area contributed by atoms with Crippen LogP contribution in [-0.2, 0) is 25.4 Å². The molecule has 0 amide bonds. The molecule has 1 aliphatic heterocycles. The van der Waals surface area contributed by atoms with Crippen LogP contribution in [0.25, 0.3) is 22.2 Å². The summed E-state index contributed by atoms with van der Waals surface area (Å²) in [6.07, 6.45) is -0.520. The lowest BCUT2D eigenvalue weighted by molar-refractivity contribution is 0.0478. The third-order valence-corrected chi connectivity index (χ3v) is 6.05. The van der Waals surface area contributed by atoms with E-state index in [9.17, 15) is 14.0 Å². The second-order valence-electron chi connectivity index (χ2n) is 7.98. The van der Waals surface area contributed by atoms with Gasteiger partial charge in [0.1, 0.15) is 11.9 Å². The van der Waals surface area contributed by atoms with Crippen LogP contribution in [-0.4, -0.2) is 20.3 Å². The number of hydrogen-bond donors (Lipinski definition) is 0. The van der Waals surface area contributed by atoms with Gasteiger partial charge in [0, 0.05) is 20.6 Å². The number of hydrogen-bond acceptors (Lipinski definition) is 3. The molecule has 0 bridgehead atoms. The van der Waals surface area contributed by atoms with E-state index in [1.165, 1.54) is 23.7 Å². The summed E-state index contributed by atoms with van der Waals surface area (Å²) >= 11 is 0. The van der Waals surface area contributed by atoms with Crippen LogP contribution in [0.3, 0.4) is 0 Å². The molecular weight excluding hydrogens is 397 g/mol. The zero-order valence-corrected chi connectivity index (χ0v) is 17.6. The average Bonchev–Trinajstić information content (AvgIpc) is 3.13. The Kier molecular flexibility index (Phi) is 4.44. The first-order valence-corrected chi connectivity index (χ1v) is 10.1. The molecule has 158 valence electrons. The molecule has 0 spiro atoms. The van der Waals surface area contributed by atoms with Gasteiger partial charge in [-0.25, -0.2) is 9.18 Å². The van der Waals surface area contributed by atoms with E-state index in [0.717, 1.165) is 32.6 Å². The summed E-state index contributed by atoms with van der Waals surface area (Å²) in [6, 6.07) is 14.1. The summed E-state index contributed by atoms with van der Waals surface area (Å²) in [5.41, 5.74) is 4.11. The summed E-state index contributed by atoms with van der Waals surface area (Å²) in [7, 11) is 3.16. The molecule has 0 N–H and O–H groups in total. The summed E-state index contributed by atoms with van der Waals surface area (Å²) < 4.78 is 24.4. The quantitative estimate of drug-likeness (QED) is 0.501. The largest absolute Gasteiger partial charge is 0.365 e. The fourth-order valence-corrected chi connectivity index (χ4v) is 4.48. The first kappa shape index (κ1) is 19.5. The Hall–Kier alpha value is -3.45. The van der Waals surface area contributed by atoms with E-state index in [1.54, 1.807) is 19.2 Å². The van der Waals surface area contributed by atoms with Crippen LogP contribution in [0.15, 0.2) is 58.1 Å². The van der Waals surface area contributed by atoms with Crippen LogP contribution in [0.4, 0.5) is 4.39 Å². The van der Waals surface area contributed by atoms with E-state index >= 15 is 0 Å². The molecule has 2 aromatic heterocycles. The maximum atomic E-state index is 13.5. The molecule has 0 aliphatic carbocycles. The van der Waals surface area contributed by atoms with Crippen molar-refractivity contribution in [3.05, 3.63) is 92.0 Å². The van der Waals surface area contributed by atoms with Crippen molar-refractivity contribution in [1.82, 2.24) is 13.7 Å². The first-order valence-electron chi connectivity index (χ1n) is 10.1. The Morgan fingerprint density at radius 2 is 1.65 bits per heavy atom. The number of halogens is 1. The minimum Gasteiger partial charge on any atom is -0.365 e. The molecule has 0 radical (unpaired) electrons. The molecule has 7 heteroatoms. The van der Waals surface area contributed by atoms with E-state index < -0.39 is 11.8 Å². The van der Waals surface area contributed by atoms with Crippen molar-refractivity contribution in [2.75, 3.05) is 6.61 Å². The number of aryl methyl sites for hydroxylation is 2. The van der Waals surface area contributed by atoms with Gasteiger partial charge in [-0.15, -0.1) is 0 Å². The molecule has 3 heterocycles. The van der Waals surface area contributed by atoms with Gasteiger partial charge in [-0.1, -0.05) is 42.0 Å². The highest BCUT2D eigenvalue weighted by Crippen LogP contribution is 2.40. The Balaban J connectivity index is 1.93. The standard InChI is InChI=1S/C24H22FN3O3/c1-14-4-6-15(7-5-14)19-18-20(26(2)24(30)27(3)23(18)29)21-22(31-13-12-28(19)21)16-8-10-17(25)11-9-16/h4-11,22H,12-13H2,1-3H3/t22-/m0/s1. The van der Waals surface area contributed by atoms with E-state index in [1.807, 2.05) is 31.2 Å². The van der Waals surface area contributed by atoms with Crippen molar-refractivity contribution in [1.29, 1.82) is 0 Å². The normalized spacial score (nSPS) is 15.9. The zero-order valence-electron chi connectivity index (χ0n) is 17.6. The zero-order chi connectivity index (χ0) is 21.9. The lowest BCUT2D eigenvalue weighted by Crippen LogP contribution is -2.37. The second-order valence-corrected chi connectivity index (χ2v) is 7.98. The van der Waals surface area contributed by atoms with E-state index in [-0.39, 0.29) is 11.4 Å². The number of rotatable bonds is 2. The van der Waals surface area contributed by atoms with Gasteiger partial charge >= 0.3 is 5.69 Å². The Morgan fingerprint density at radius 1 is 0.968 bits per heavy atom. The van der Waals surface area contributed by atoms with E-state index in [2.05, 4.69) is 4.57 Å². The number of benzene rings is 2. The number of nitrogens with zero attached hydrogens (tertiary/aromatic N) is 3. The summed E-state index contributed by atoms with van der Waals surface area (Å²) in [5, 5.41) is 0.487. The molecular formula is C24H22FN3O3. The molecule has 5 rings (SSSR count). The minimum absolute atomic E-state index is 0.332. The summed E-state index contributed by atoms with van der Waals surface area (Å²) in [6.45, 7) is 2.99. The molecule has 0 unspecified atom stereocenters. The van der Waals surface area contributed by atoms with Crippen LogP contribution in [0.2, 0.25) is 0 Å². The Labute approximate surface area is 177 Å². The number of ether oxygens (including phenoxy) is 1. The van der Waals surface area contributed by atoms with Crippen molar-refractivity contribution in [2.24, 2.45) is 14.1 Å².